The first kappa shape index (κ1) is 39.4. The number of likely N-dealkylation sites (N-methyl/N-ethyl adjacent to an activating group) is 1. The van der Waals surface area contributed by atoms with E-state index in [4.69, 9.17) is 28.0 Å². The quantitative estimate of drug-likeness (QED) is 0.0620. The zero-order valence-electron chi connectivity index (χ0n) is 26.9. The van der Waals surface area contributed by atoms with Crippen LogP contribution < -0.4 is 0 Å². The highest BCUT2D eigenvalue weighted by Gasteiger charge is 2.50. The molecule has 0 rings (SSSR count). The Hall–Kier alpha value is -1.56. The lowest BCUT2D eigenvalue weighted by Crippen LogP contribution is -2.44. The maximum absolute atomic E-state index is 13.4. The molecule has 13 heteroatoms. The molecule has 0 aliphatic heterocycles. The monoisotopic (exact) mass is 612 g/mol. The van der Waals surface area contributed by atoms with Gasteiger partial charge in [0.1, 0.15) is 26.4 Å². The summed E-state index contributed by atoms with van der Waals surface area (Å²) in [6, 6.07) is 0. The largest absolute Gasteiger partial charge is 0.472 e. The predicted molar refractivity (Wildman–Crippen MR) is 154 cm³/mol. The van der Waals surface area contributed by atoms with Crippen molar-refractivity contribution in [2.75, 3.05) is 74.4 Å². The number of methoxy groups -OCH3 is 1. The van der Waals surface area contributed by atoms with Crippen molar-refractivity contribution in [1.29, 1.82) is 0 Å². The molecule has 3 atom stereocenters. The number of phosphoric acid groups is 1. The lowest BCUT2D eigenvalue weighted by atomic mass is 9.65. The number of hydrogen-bond donors (Lipinski definition) is 1. The molecular weight excluding hydrogens is 557 g/mol. The fourth-order valence-corrected chi connectivity index (χ4v) is 4.97. The molecule has 0 fully saturated rings. The molecule has 0 spiro atoms. The van der Waals surface area contributed by atoms with Gasteiger partial charge in [-0.15, -0.1) is 0 Å². The first-order chi connectivity index (χ1) is 18.8. The number of phosphoric ester groups is 1. The second kappa shape index (κ2) is 17.5. The van der Waals surface area contributed by atoms with Gasteiger partial charge in [0, 0.05) is 7.11 Å². The maximum Gasteiger partial charge on any atom is 0.472 e. The average Bonchev–Trinajstić information content (AvgIpc) is 2.85. The third-order valence-corrected chi connectivity index (χ3v) is 7.79. The van der Waals surface area contributed by atoms with Crippen LogP contribution in [0.3, 0.4) is 0 Å². The second-order valence-electron chi connectivity index (χ2n) is 12.6. The standard InChI is InChI=1S/C28H54NO11P/c1-11-13-15-36-23(30)26(3,4)21-28(6,25(32)37-18-17-35-10)22-27(5,12-2)24(31)38-19-20-40-41(33,34)39-16-14-29(7,8)9/h11-22H2,1-10H3/p+1. The van der Waals surface area contributed by atoms with E-state index in [0.29, 0.717) is 17.4 Å². The molecule has 0 aliphatic rings. The molecule has 0 bridgehead atoms. The van der Waals surface area contributed by atoms with Crippen LogP contribution in [0.2, 0.25) is 0 Å². The minimum atomic E-state index is -4.31. The average molecular weight is 613 g/mol. The van der Waals surface area contributed by atoms with Gasteiger partial charge in [0.25, 0.3) is 0 Å². The summed E-state index contributed by atoms with van der Waals surface area (Å²) < 4.78 is 43.8. The van der Waals surface area contributed by atoms with Crippen LogP contribution in [0, 0.1) is 16.2 Å². The van der Waals surface area contributed by atoms with E-state index in [1.165, 1.54) is 7.11 Å². The summed E-state index contributed by atoms with van der Waals surface area (Å²) in [5.74, 6) is -1.61. The summed E-state index contributed by atoms with van der Waals surface area (Å²) in [4.78, 5) is 49.3. The van der Waals surface area contributed by atoms with Crippen LogP contribution in [-0.4, -0.2) is 102 Å². The molecule has 0 aromatic carbocycles. The zero-order chi connectivity index (χ0) is 32.0. The van der Waals surface area contributed by atoms with Crippen molar-refractivity contribution in [3.63, 3.8) is 0 Å². The number of ether oxygens (including phenoxy) is 4. The first-order valence-electron chi connectivity index (χ1n) is 14.2. The van der Waals surface area contributed by atoms with Crippen LogP contribution in [0.1, 0.15) is 73.6 Å². The zero-order valence-corrected chi connectivity index (χ0v) is 27.8. The maximum atomic E-state index is 13.4. The molecule has 12 nitrogen and oxygen atoms in total. The van der Waals surface area contributed by atoms with E-state index < -0.39 is 42.0 Å². The molecule has 0 amide bonds. The molecule has 0 heterocycles. The van der Waals surface area contributed by atoms with Crippen LogP contribution >= 0.6 is 7.82 Å². The Labute approximate surface area is 246 Å². The van der Waals surface area contributed by atoms with Crippen molar-refractivity contribution in [3.8, 4) is 0 Å². The Morgan fingerprint density at radius 1 is 0.732 bits per heavy atom. The van der Waals surface area contributed by atoms with Gasteiger partial charge in [0.05, 0.1) is 57.2 Å². The minimum absolute atomic E-state index is 0.0204. The lowest BCUT2D eigenvalue weighted by Gasteiger charge is -2.39. The Balaban J connectivity index is 5.52. The van der Waals surface area contributed by atoms with Crippen molar-refractivity contribution >= 4 is 25.7 Å². The Morgan fingerprint density at radius 2 is 1.24 bits per heavy atom. The molecule has 0 aliphatic carbocycles. The number of hydrogen-bond acceptors (Lipinski definition) is 10. The molecule has 0 aromatic rings. The van der Waals surface area contributed by atoms with Crippen LogP contribution in [0.5, 0.6) is 0 Å². The van der Waals surface area contributed by atoms with E-state index in [2.05, 4.69) is 0 Å². The van der Waals surface area contributed by atoms with Crippen LogP contribution in [0.25, 0.3) is 0 Å². The van der Waals surface area contributed by atoms with Gasteiger partial charge in [0.2, 0.25) is 0 Å². The number of esters is 3. The molecule has 0 aromatic heterocycles. The van der Waals surface area contributed by atoms with E-state index in [-0.39, 0.29) is 52.5 Å². The second-order valence-corrected chi connectivity index (χ2v) is 14.1. The SMILES string of the molecule is CCCCOC(=O)C(C)(C)CC(C)(CC(C)(CC)C(=O)OCCOP(=O)(O)OCC[N+](C)(C)C)C(=O)OCCOC. The number of nitrogens with zero attached hydrogens (tertiary/aromatic N) is 1. The highest BCUT2D eigenvalue weighted by Crippen LogP contribution is 2.46. The van der Waals surface area contributed by atoms with Crippen LogP contribution in [0.15, 0.2) is 0 Å². The first-order valence-corrected chi connectivity index (χ1v) is 15.7. The van der Waals surface area contributed by atoms with Gasteiger partial charge in [-0.25, -0.2) is 4.57 Å². The Kier molecular flexibility index (Phi) is 16.9. The lowest BCUT2D eigenvalue weighted by molar-refractivity contribution is -0.870. The van der Waals surface area contributed by atoms with Gasteiger partial charge in [-0.2, -0.15) is 0 Å². The number of unbranched alkanes of at least 4 members (excludes halogenated alkanes) is 1. The molecule has 242 valence electrons. The highest BCUT2D eigenvalue weighted by molar-refractivity contribution is 7.47. The Morgan fingerprint density at radius 3 is 1.76 bits per heavy atom. The third-order valence-electron chi connectivity index (χ3n) is 6.77. The number of rotatable bonds is 22. The number of carbonyl (C=O) groups is 3. The fraction of sp³-hybridized carbons (Fsp3) is 0.893. The van der Waals surface area contributed by atoms with Crippen molar-refractivity contribution in [2.24, 2.45) is 16.2 Å². The van der Waals surface area contributed by atoms with E-state index in [0.717, 1.165) is 12.8 Å². The predicted octanol–water partition coefficient (Wildman–Crippen LogP) is 4.13. The summed E-state index contributed by atoms with van der Waals surface area (Å²) in [6.45, 7) is 10.9. The number of carbonyl (C=O) groups excluding carboxylic acids is 3. The summed E-state index contributed by atoms with van der Waals surface area (Å²) in [5, 5.41) is 0. The fourth-order valence-electron chi connectivity index (χ4n) is 4.28. The molecule has 0 saturated carbocycles. The molecule has 1 N–H and O–H groups in total. The summed E-state index contributed by atoms with van der Waals surface area (Å²) in [5.41, 5.74) is -3.42. The van der Waals surface area contributed by atoms with Crippen molar-refractivity contribution < 1.29 is 56.3 Å². The molecular formula is C28H55NO11P+. The van der Waals surface area contributed by atoms with E-state index in [9.17, 15) is 23.8 Å². The minimum Gasteiger partial charge on any atom is -0.465 e. The van der Waals surface area contributed by atoms with Gasteiger partial charge >= 0.3 is 25.7 Å². The van der Waals surface area contributed by atoms with Gasteiger partial charge in [-0.3, -0.25) is 23.4 Å². The number of quaternary nitrogens is 1. The van der Waals surface area contributed by atoms with Gasteiger partial charge < -0.3 is 28.3 Å². The summed E-state index contributed by atoms with van der Waals surface area (Å²) in [7, 11) is 2.94. The van der Waals surface area contributed by atoms with Crippen molar-refractivity contribution in [2.45, 2.75) is 73.6 Å². The van der Waals surface area contributed by atoms with Crippen LogP contribution in [-0.2, 0) is 46.9 Å². The van der Waals surface area contributed by atoms with Gasteiger partial charge in [-0.05, 0) is 53.4 Å². The van der Waals surface area contributed by atoms with Gasteiger partial charge in [-0.1, -0.05) is 20.3 Å². The normalized spacial score (nSPS) is 16.7. The Bertz CT molecular complexity index is 874. The molecule has 41 heavy (non-hydrogen) atoms. The van der Waals surface area contributed by atoms with E-state index in [1.54, 1.807) is 34.6 Å². The smallest absolute Gasteiger partial charge is 0.465 e. The molecule has 3 unspecified atom stereocenters. The van der Waals surface area contributed by atoms with Crippen molar-refractivity contribution in [1.82, 2.24) is 0 Å². The summed E-state index contributed by atoms with van der Waals surface area (Å²) in [6.07, 6.45) is 2.03. The summed E-state index contributed by atoms with van der Waals surface area (Å²) >= 11 is 0. The van der Waals surface area contributed by atoms with Crippen molar-refractivity contribution in [3.05, 3.63) is 0 Å². The van der Waals surface area contributed by atoms with Gasteiger partial charge in [0.15, 0.2) is 0 Å². The van der Waals surface area contributed by atoms with Crippen LogP contribution in [0.4, 0.5) is 0 Å². The molecule has 0 saturated heterocycles. The van der Waals surface area contributed by atoms with E-state index in [1.807, 2.05) is 28.1 Å². The third kappa shape index (κ3) is 15.5. The topological polar surface area (TPSA) is 144 Å². The highest BCUT2D eigenvalue weighted by atomic mass is 31.2. The van der Waals surface area contributed by atoms with E-state index >= 15 is 0 Å². The molecule has 0 radical (unpaired) electrons.